The largest absolute Gasteiger partial charge is 0.447 e. The average molecular weight is 364 g/mol. The highest BCUT2D eigenvalue weighted by atomic mass is 16.6. The first-order valence-corrected chi connectivity index (χ1v) is 9.53. The summed E-state index contributed by atoms with van der Waals surface area (Å²) in [5, 5.41) is 0. The van der Waals surface area contributed by atoms with E-state index in [9.17, 15) is 9.59 Å². The van der Waals surface area contributed by atoms with E-state index in [1.165, 1.54) is 11.1 Å². The van der Waals surface area contributed by atoms with Crippen LogP contribution in [-0.4, -0.2) is 31.7 Å². The monoisotopic (exact) mass is 364 g/mol. The van der Waals surface area contributed by atoms with Gasteiger partial charge in [-0.2, -0.15) is 0 Å². The molecule has 2 aliphatic heterocycles. The Kier molecular flexibility index (Phi) is 4.60. The van der Waals surface area contributed by atoms with Crippen LogP contribution >= 0.6 is 0 Å². The molecule has 5 nitrogen and oxygen atoms in total. The van der Waals surface area contributed by atoms with Gasteiger partial charge in [0.25, 0.3) is 5.91 Å². The summed E-state index contributed by atoms with van der Waals surface area (Å²) in [4.78, 5) is 28.2. The summed E-state index contributed by atoms with van der Waals surface area (Å²) in [6, 6.07) is 13.6. The van der Waals surface area contributed by atoms with Crippen molar-refractivity contribution in [2.24, 2.45) is 0 Å². The number of hydrogen-bond donors (Lipinski definition) is 0. The first-order chi connectivity index (χ1) is 13.0. The second kappa shape index (κ2) is 7.06. The van der Waals surface area contributed by atoms with E-state index in [1.807, 2.05) is 17.0 Å². The van der Waals surface area contributed by atoms with Crippen molar-refractivity contribution in [3.05, 3.63) is 59.2 Å². The maximum absolute atomic E-state index is 13.1. The summed E-state index contributed by atoms with van der Waals surface area (Å²) in [5.41, 5.74) is 4.96. The third-order valence-electron chi connectivity index (χ3n) is 5.32. The molecule has 5 heteroatoms. The van der Waals surface area contributed by atoms with Crippen molar-refractivity contribution in [2.75, 3.05) is 29.5 Å². The zero-order valence-electron chi connectivity index (χ0n) is 15.8. The number of cyclic esters (lactones) is 1. The van der Waals surface area contributed by atoms with Crippen LogP contribution in [0, 0.1) is 0 Å². The lowest BCUT2D eigenvalue weighted by molar-refractivity contribution is 0.0985. The maximum atomic E-state index is 13.1. The summed E-state index contributed by atoms with van der Waals surface area (Å²) in [6.45, 7) is 6.05. The summed E-state index contributed by atoms with van der Waals surface area (Å²) >= 11 is 0. The topological polar surface area (TPSA) is 49.9 Å². The van der Waals surface area contributed by atoms with Crippen LogP contribution in [-0.2, 0) is 11.2 Å². The Bertz CT molecular complexity index is 874. The van der Waals surface area contributed by atoms with E-state index in [0.29, 0.717) is 24.6 Å². The molecule has 0 bridgehead atoms. The van der Waals surface area contributed by atoms with Crippen molar-refractivity contribution in [1.29, 1.82) is 0 Å². The van der Waals surface area contributed by atoms with Gasteiger partial charge in [-0.1, -0.05) is 26.0 Å². The van der Waals surface area contributed by atoms with Crippen molar-refractivity contribution in [3.63, 3.8) is 0 Å². The molecule has 27 heavy (non-hydrogen) atoms. The van der Waals surface area contributed by atoms with Crippen LogP contribution in [0.15, 0.2) is 42.5 Å². The Hall–Kier alpha value is -2.82. The lowest BCUT2D eigenvalue weighted by Gasteiger charge is -2.30. The molecule has 0 unspecified atom stereocenters. The van der Waals surface area contributed by atoms with Gasteiger partial charge in [0.2, 0.25) is 0 Å². The number of amides is 2. The van der Waals surface area contributed by atoms with Crippen molar-refractivity contribution in [2.45, 2.75) is 32.6 Å². The normalized spacial score (nSPS) is 16.5. The number of hydrogen-bond acceptors (Lipinski definition) is 3. The standard InChI is InChI=1S/C22H24N2O3/c1-15(2)17-7-10-20-18(14-17)4-3-11-24(20)21(25)16-5-8-19(9-6-16)23-12-13-27-22(23)26/h5-10,14-15H,3-4,11-13H2,1-2H3. The molecule has 0 spiro atoms. The van der Waals surface area contributed by atoms with Gasteiger partial charge in [0.15, 0.2) is 0 Å². The Balaban J connectivity index is 1.58. The summed E-state index contributed by atoms with van der Waals surface area (Å²) in [7, 11) is 0. The van der Waals surface area contributed by atoms with Gasteiger partial charge in [-0.15, -0.1) is 0 Å². The Morgan fingerprint density at radius 1 is 1.07 bits per heavy atom. The van der Waals surface area contributed by atoms with E-state index in [0.717, 1.165) is 30.8 Å². The fourth-order valence-corrected chi connectivity index (χ4v) is 3.75. The molecule has 1 saturated heterocycles. The molecule has 140 valence electrons. The van der Waals surface area contributed by atoms with Crippen LogP contribution < -0.4 is 9.80 Å². The van der Waals surface area contributed by atoms with Gasteiger partial charge in [0, 0.05) is 23.5 Å². The fourth-order valence-electron chi connectivity index (χ4n) is 3.75. The van der Waals surface area contributed by atoms with Crippen LogP contribution in [0.1, 0.15) is 47.7 Å². The first-order valence-electron chi connectivity index (χ1n) is 9.53. The molecule has 0 atom stereocenters. The highest BCUT2D eigenvalue weighted by Crippen LogP contribution is 2.31. The average Bonchev–Trinajstić information content (AvgIpc) is 3.12. The number of benzene rings is 2. The highest BCUT2D eigenvalue weighted by molar-refractivity contribution is 6.07. The van der Waals surface area contributed by atoms with E-state index >= 15 is 0 Å². The zero-order chi connectivity index (χ0) is 19.0. The molecule has 0 radical (unpaired) electrons. The van der Waals surface area contributed by atoms with Gasteiger partial charge < -0.3 is 9.64 Å². The molecule has 2 heterocycles. The summed E-state index contributed by atoms with van der Waals surface area (Å²) in [6.07, 6.45) is 1.65. The van der Waals surface area contributed by atoms with E-state index in [4.69, 9.17) is 4.74 Å². The second-order valence-corrected chi connectivity index (χ2v) is 7.42. The molecule has 2 amide bonds. The number of anilines is 2. The first kappa shape index (κ1) is 17.6. The molecule has 0 aromatic heterocycles. The molecule has 0 N–H and O–H groups in total. The third-order valence-corrected chi connectivity index (χ3v) is 5.32. The molecule has 1 fully saturated rings. The predicted octanol–water partition coefficient (Wildman–Crippen LogP) is 4.36. The van der Waals surface area contributed by atoms with Gasteiger partial charge in [0.1, 0.15) is 6.61 Å². The van der Waals surface area contributed by atoms with Crippen LogP contribution in [0.5, 0.6) is 0 Å². The lowest BCUT2D eigenvalue weighted by Crippen LogP contribution is -2.35. The van der Waals surface area contributed by atoms with Gasteiger partial charge in [-0.25, -0.2) is 4.79 Å². The zero-order valence-corrected chi connectivity index (χ0v) is 15.8. The van der Waals surface area contributed by atoms with E-state index in [2.05, 4.69) is 32.0 Å². The molecular weight excluding hydrogens is 340 g/mol. The molecular formula is C22H24N2O3. The minimum Gasteiger partial charge on any atom is -0.447 e. The summed E-state index contributed by atoms with van der Waals surface area (Å²) in [5.74, 6) is 0.481. The van der Waals surface area contributed by atoms with Gasteiger partial charge in [0.05, 0.1) is 6.54 Å². The molecule has 0 aliphatic carbocycles. The highest BCUT2D eigenvalue weighted by Gasteiger charge is 2.26. The van der Waals surface area contributed by atoms with Gasteiger partial charge >= 0.3 is 6.09 Å². The van der Waals surface area contributed by atoms with E-state index < -0.39 is 0 Å². The predicted molar refractivity (Wildman–Crippen MR) is 106 cm³/mol. The lowest BCUT2D eigenvalue weighted by atomic mass is 9.94. The van der Waals surface area contributed by atoms with Gasteiger partial charge in [-0.05, 0) is 60.2 Å². The molecule has 0 saturated carbocycles. The number of ether oxygens (including phenoxy) is 1. The van der Waals surface area contributed by atoms with Crippen LogP contribution in [0.3, 0.4) is 0 Å². The quantitative estimate of drug-likeness (QED) is 0.813. The number of nitrogens with zero attached hydrogens (tertiary/aromatic N) is 2. The number of aryl methyl sites for hydroxylation is 1. The van der Waals surface area contributed by atoms with Crippen molar-refractivity contribution in [1.82, 2.24) is 0 Å². The Morgan fingerprint density at radius 2 is 1.85 bits per heavy atom. The number of fused-ring (bicyclic) bond motifs is 1. The van der Waals surface area contributed by atoms with Crippen LogP contribution in [0.4, 0.5) is 16.2 Å². The van der Waals surface area contributed by atoms with Crippen molar-refractivity contribution >= 4 is 23.4 Å². The molecule has 2 aromatic rings. The minimum atomic E-state index is -0.333. The number of rotatable bonds is 3. The minimum absolute atomic E-state index is 0.00351. The SMILES string of the molecule is CC(C)c1ccc2c(c1)CCCN2C(=O)c1ccc(N2CCOC2=O)cc1. The van der Waals surface area contributed by atoms with E-state index in [-0.39, 0.29) is 12.0 Å². The van der Waals surface area contributed by atoms with Crippen molar-refractivity contribution in [3.8, 4) is 0 Å². The maximum Gasteiger partial charge on any atom is 0.414 e. The number of carbonyl (C=O) groups is 2. The third kappa shape index (κ3) is 3.29. The smallest absolute Gasteiger partial charge is 0.414 e. The summed E-state index contributed by atoms with van der Waals surface area (Å²) < 4.78 is 4.97. The molecule has 2 aliphatic rings. The fraction of sp³-hybridized carbons (Fsp3) is 0.364. The van der Waals surface area contributed by atoms with Crippen LogP contribution in [0.2, 0.25) is 0 Å². The van der Waals surface area contributed by atoms with Gasteiger partial charge in [-0.3, -0.25) is 9.69 Å². The second-order valence-electron chi connectivity index (χ2n) is 7.42. The van der Waals surface area contributed by atoms with Crippen molar-refractivity contribution < 1.29 is 14.3 Å². The van der Waals surface area contributed by atoms with Crippen LogP contribution in [0.25, 0.3) is 0 Å². The molecule has 4 rings (SSSR count). The Labute approximate surface area is 159 Å². The van der Waals surface area contributed by atoms with E-state index in [1.54, 1.807) is 17.0 Å². The Morgan fingerprint density at radius 3 is 2.52 bits per heavy atom. The number of carbonyl (C=O) groups excluding carboxylic acids is 2. The molecule has 2 aromatic carbocycles.